The average Bonchev–Trinajstić information content (AvgIpc) is 2.65. The highest BCUT2D eigenvalue weighted by atomic mass is 16.5. The molecule has 2 rings (SSSR count). The average molecular weight is 370 g/mol. The van der Waals surface area contributed by atoms with Gasteiger partial charge in [0.05, 0.1) is 5.56 Å². The van der Waals surface area contributed by atoms with E-state index in [0.29, 0.717) is 17.9 Å². The van der Waals surface area contributed by atoms with E-state index in [1.165, 1.54) is 17.0 Å². The molecule has 0 atom stereocenters. The topological polar surface area (TPSA) is 95.9 Å². The number of benzene rings is 2. The van der Waals surface area contributed by atoms with Crippen LogP contribution in [0.2, 0.25) is 0 Å². The molecule has 7 nitrogen and oxygen atoms in total. The number of likely N-dealkylation sites (N-methyl/N-ethyl adjacent to an activating group) is 1. The summed E-state index contributed by atoms with van der Waals surface area (Å²) in [5.41, 5.74) is 1.75. The number of hydrogen-bond donors (Lipinski definition) is 2. The van der Waals surface area contributed by atoms with Crippen LogP contribution >= 0.6 is 0 Å². The molecule has 7 heteroatoms. The smallest absolute Gasteiger partial charge is 0.335 e. The van der Waals surface area contributed by atoms with Gasteiger partial charge in [-0.2, -0.15) is 0 Å². The Balaban J connectivity index is 1.79. The molecule has 0 saturated heterocycles. The number of anilines is 1. The minimum Gasteiger partial charge on any atom is -0.484 e. The predicted octanol–water partition coefficient (Wildman–Crippen LogP) is 2.42. The zero-order valence-electron chi connectivity index (χ0n) is 15.3. The lowest BCUT2D eigenvalue weighted by Gasteiger charge is -2.11. The summed E-state index contributed by atoms with van der Waals surface area (Å²) in [6.07, 6.45) is 0.793. The fourth-order valence-corrected chi connectivity index (χ4v) is 2.20. The number of carbonyl (C=O) groups excluding carboxylic acids is 2. The van der Waals surface area contributed by atoms with E-state index in [9.17, 15) is 14.4 Å². The quantitative estimate of drug-likeness (QED) is 0.744. The van der Waals surface area contributed by atoms with Crippen LogP contribution in [0, 0.1) is 0 Å². The molecule has 0 unspecified atom stereocenters. The molecule has 0 aliphatic rings. The number of hydrogen-bond acceptors (Lipinski definition) is 4. The second kappa shape index (κ2) is 9.38. The normalized spacial score (nSPS) is 10.1. The van der Waals surface area contributed by atoms with Crippen LogP contribution in [-0.4, -0.2) is 48.5 Å². The maximum absolute atomic E-state index is 12.0. The highest BCUT2D eigenvalue weighted by Crippen LogP contribution is 2.16. The van der Waals surface area contributed by atoms with Crippen molar-refractivity contribution >= 4 is 23.5 Å². The van der Waals surface area contributed by atoms with E-state index in [-0.39, 0.29) is 30.4 Å². The van der Waals surface area contributed by atoms with Gasteiger partial charge in [0.2, 0.25) is 5.91 Å². The third-order valence-corrected chi connectivity index (χ3v) is 3.84. The molecule has 0 aliphatic carbocycles. The minimum absolute atomic E-state index is 0.0423. The van der Waals surface area contributed by atoms with Gasteiger partial charge in [-0.15, -0.1) is 0 Å². The maximum Gasteiger partial charge on any atom is 0.335 e. The monoisotopic (exact) mass is 370 g/mol. The Labute approximate surface area is 157 Å². The number of aromatic carboxylic acids is 1. The van der Waals surface area contributed by atoms with Crippen LogP contribution in [0.15, 0.2) is 48.5 Å². The van der Waals surface area contributed by atoms with Crippen molar-refractivity contribution in [1.29, 1.82) is 0 Å². The van der Waals surface area contributed by atoms with Crippen LogP contribution < -0.4 is 10.1 Å². The van der Waals surface area contributed by atoms with Gasteiger partial charge in [-0.25, -0.2) is 4.79 Å². The van der Waals surface area contributed by atoms with Gasteiger partial charge in [-0.05, 0) is 48.4 Å². The van der Waals surface area contributed by atoms with Crippen molar-refractivity contribution in [2.45, 2.75) is 12.8 Å². The molecule has 2 amide bonds. The van der Waals surface area contributed by atoms with Crippen molar-refractivity contribution in [3.63, 3.8) is 0 Å². The Bertz CT molecular complexity index is 798. The molecule has 0 aliphatic heterocycles. The van der Waals surface area contributed by atoms with Gasteiger partial charge in [0.1, 0.15) is 5.75 Å². The van der Waals surface area contributed by atoms with Crippen molar-refractivity contribution < 1.29 is 24.2 Å². The first-order valence-corrected chi connectivity index (χ1v) is 8.40. The summed E-state index contributed by atoms with van der Waals surface area (Å²) < 4.78 is 5.38. The van der Waals surface area contributed by atoms with E-state index in [1.807, 2.05) is 0 Å². The molecular formula is C20H22N2O5. The molecule has 0 spiro atoms. The van der Waals surface area contributed by atoms with E-state index in [0.717, 1.165) is 5.56 Å². The number of amides is 2. The van der Waals surface area contributed by atoms with Gasteiger partial charge in [0.25, 0.3) is 5.91 Å². The molecule has 0 saturated carbocycles. The fraction of sp³-hybridized carbons (Fsp3) is 0.250. The number of nitrogens with one attached hydrogen (secondary N) is 1. The molecule has 0 bridgehead atoms. The molecule has 0 fully saturated rings. The lowest BCUT2D eigenvalue weighted by Crippen LogP contribution is -2.27. The van der Waals surface area contributed by atoms with Crippen LogP contribution in [0.1, 0.15) is 22.3 Å². The van der Waals surface area contributed by atoms with Crippen LogP contribution in [0.25, 0.3) is 0 Å². The summed E-state index contributed by atoms with van der Waals surface area (Å²) in [5.74, 6) is -0.711. The first-order chi connectivity index (χ1) is 12.8. The summed E-state index contributed by atoms with van der Waals surface area (Å²) >= 11 is 0. The highest BCUT2D eigenvalue weighted by molar-refractivity contribution is 5.91. The molecule has 2 N–H and O–H groups in total. The number of ether oxygens (including phenoxy) is 1. The number of aryl methyl sites for hydroxylation is 1. The zero-order valence-corrected chi connectivity index (χ0v) is 15.3. The first-order valence-electron chi connectivity index (χ1n) is 8.40. The minimum atomic E-state index is -0.974. The maximum atomic E-state index is 12.0. The lowest BCUT2D eigenvalue weighted by atomic mass is 10.1. The Hall–Kier alpha value is -3.35. The van der Waals surface area contributed by atoms with Gasteiger partial charge < -0.3 is 20.1 Å². The summed E-state index contributed by atoms with van der Waals surface area (Å²) in [6.45, 7) is -0.0423. The van der Waals surface area contributed by atoms with Gasteiger partial charge >= 0.3 is 5.97 Å². The Morgan fingerprint density at radius 3 is 2.19 bits per heavy atom. The van der Waals surface area contributed by atoms with E-state index < -0.39 is 5.97 Å². The number of carboxylic acids is 1. The number of nitrogens with zero attached hydrogens (tertiary/aromatic N) is 1. The molecule has 0 aromatic heterocycles. The molecule has 2 aromatic rings. The van der Waals surface area contributed by atoms with E-state index >= 15 is 0 Å². The number of rotatable bonds is 8. The van der Waals surface area contributed by atoms with Crippen LogP contribution in [0.3, 0.4) is 0 Å². The van der Waals surface area contributed by atoms with Crippen molar-refractivity contribution in [2.24, 2.45) is 0 Å². The van der Waals surface area contributed by atoms with Crippen molar-refractivity contribution in [2.75, 3.05) is 26.0 Å². The second-order valence-electron chi connectivity index (χ2n) is 6.15. The fourth-order valence-electron chi connectivity index (χ4n) is 2.20. The first kappa shape index (κ1) is 20.0. The highest BCUT2D eigenvalue weighted by Gasteiger charge is 2.07. The summed E-state index contributed by atoms with van der Waals surface area (Å²) in [6, 6.07) is 13.2. The van der Waals surface area contributed by atoms with E-state index in [1.54, 1.807) is 50.5 Å². The third kappa shape index (κ3) is 6.47. The summed E-state index contributed by atoms with van der Waals surface area (Å²) in [5, 5.41) is 11.7. The van der Waals surface area contributed by atoms with Crippen molar-refractivity contribution in [3.05, 3.63) is 59.7 Å². The third-order valence-electron chi connectivity index (χ3n) is 3.84. The molecule has 27 heavy (non-hydrogen) atoms. The molecule has 142 valence electrons. The number of carbonyl (C=O) groups is 3. The SMILES string of the molecule is CN(C)C(=O)COc1ccc(NC(=O)CCc2ccc(C(=O)O)cc2)cc1. The Morgan fingerprint density at radius 1 is 1.00 bits per heavy atom. The van der Waals surface area contributed by atoms with Gasteiger partial charge in [0, 0.05) is 26.2 Å². The summed E-state index contributed by atoms with van der Waals surface area (Å²) in [4.78, 5) is 35.8. The van der Waals surface area contributed by atoms with Crippen LogP contribution in [-0.2, 0) is 16.0 Å². The molecular weight excluding hydrogens is 348 g/mol. The lowest BCUT2D eigenvalue weighted by molar-refractivity contribution is -0.130. The predicted molar refractivity (Wildman–Crippen MR) is 101 cm³/mol. The zero-order chi connectivity index (χ0) is 19.8. The van der Waals surface area contributed by atoms with E-state index in [2.05, 4.69) is 5.32 Å². The van der Waals surface area contributed by atoms with Crippen molar-refractivity contribution in [1.82, 2.24) is 4.90 Å². The Morgan fingerprint density at radius 2 is 1.63 bits per heavy atom. The molecule has 0 radical (unpaired) electrons. The molecule has 0 heterocycles. The summed E-state index contributed by atoms with van der Waals surface area (Å²) in [7, 11) is 3.32. The van der Waals surface area contributed by atoms with Crippen molar-refractivity contribution in [3.8, 4) is 5.75 Å². The van der Waals surface area contributed by atoms with Crippen LogP contribution in [0.4, 0.5) is 5.69 Å². The van der Waals surface area contributed by atoms with Crippen LogP contribution in [0.5, 0.6) is 5.75 Å². The van der Waals surface area contributed by atoms with E-state index in [4.69, 9.17) is 9.84 Å². The number of carboxylic acid groups (broad SMARTS) is 1. The van der Waals surface area contributed by atoms with Gasteiger partial charge in [-0.1, -0.05) is 12.1 Å². The second-order valence-corrected chi connectivity index (χ2v) is 6.15. The van der Waals surface area contributed by atoms with Gasteiger partial charge in [-0.3, -0.25) is 9.59 Å². The Kier molecular flexibility index (Phi) is 6.93. The largest absolute Gasteiger partial charge is 0.484 e. The standard InChI is InChI=1S/C20H22N2O5/c1-22(2)19(24)13-27-17-10-8-16(9-11-17)21-18(23)12-5-14-3-6-15(7-4-14)20(25)26/h3-4,6-11H,5,12-13H2,1-2H3,(H,21,23)(H,25,26). The van der Waals surface area contributed by atoms with Gasteiger partial charge in [0.15, 0.2) is 6.61 Å². The molecule has 2 aromatic carbocycles.